The molecule has 0 saturated carbocycles. The van der Waals surface area contributed by atoms with Gasteiger partial charge in [0.2, 0.25) is 15.9 Å². The highest BCUT2D eigenvalue weighted by atomic mass is 32.2. The van der Waals surface area contributed by atoms with Crippen LogP contribution in [-0.2, 0) is 14.8 Å². The first-order valence-corrected chi connectivity index (χ1v) is 8.68. The fourth-order valence-electron chi connectivity index (χ4n) is 2.01. The number of carbonyl (C=O) groups is 1. The molecule has 0 spiro atoms. The highest BCUT2D eigenvalue weighted by molar-refractivity contribution is 7.89. The molecule has 1 aromatic carbocycles. The summed E-state index contributed by atoms with van der Waals surface area (Å²) in [6.45, 7) is 0.614. The second-order valence-electron chi connectivity index (χ2n) is 5.13. The minimum atomic E-state index is -3.95. The van der Waals surface area contributed by atoms with E-state index in [0.29, 0.717) is 12.0 Å². The number of hydrogen-bond donors (Lipinski definition) is 0. The number of nitriles is 1. The molecule has 0 aliphatic carbocycles. The molecule has 0 aromatic heterocycles. The highest BCUT2D eigenvalue weighted by Gasteiger charge is 2.26. The van der Waals surface area contributed by atoms with Crippen molar-refractivity contribution < 1.29 is 22.0 Å². The summed E-state index contributed by atoms with van der Waals surface area (Å²) in [6.07, 6.45) is -2.19. The van der Waals surface area contributed by atoms with Crippen molar-refractivity contribution in [1.29, 1.82) is 5.26 Å². The van der Waals surface area contributed by atoms with E-state index in [-0.39, 0.29) is 11.4 Å². The number of nitrogens with zero attached hydrogens (tertiary/aromatic N) is 3. The summed E-state index contributed by atoms with van der Waals surface area (Å²) < 4.78 is 50.6. The predicted molar refractivity (Wildman–Crippen MR) is 83.8 cm³/mol. The molecule has 6 nitrogen and oxygen atoms in total. The molecule has 0 radical (unpaired) electrons. The van der Waals surface area contributed by atoms with Gasteiger partial charge in [-0.3, -0.25) is 4.79 Å². The smallest absolute Gasteiger partial charge is 0.255 e. The van der Waals surface area contributed by atoms with Crippen molar-refractivity contribution in [2.24, 2.45) is 0 Å². The van der Waals surface area contributed by atoms with Crippen LogP contribution in [0.15, 0.2) is 29.2 Å². The Labute approximate surface area is 140 Å². The van der Waals surface area contributed by atoms with E-state index in [0.717, 1.165) is 9.21 Å². The lowest BCUT2D eigenvalue weighted by Crippen LogP contribution is -2.43. The molecule has 0 aliphatic heterocycles. The Bertz CT molecular complexity index is 700. The first kappa shape index (κ1) is 20.0. The molecule has 0 bridgehead atoms. The maximum absolute atomic E-state index is 12.5. The number of halogens is 2. The lowest BCUT2D eigenvalue weighted by molar-refractivity contribution is -0.133. The number of amides is 1. The maximum atomic E-state index is 12.5. The second-order valence-corrected chi connectivity index (χ2v) is 7.17. The van der Waals surface area contributed by atoms with Gasteiger partial charge in [-0.2, -0.15) is 9.57 Å². The van der Waals surface area contributed by atoms with E-state index in [4.69, 9.17) is 5.26 Å². The van der Waals surface area contributed by atoms with Gasteiger partial charge < -0.3 is 4.90 Å². The van der Waals surface area contributed by atoms with E-state index in [1.165, 1.54) is 31.3 Å². The van der Waals surface area contributed by atoms with Gasteiger partial charge in [-0.25, -0.2) is 17.2 Å². The zero-order valence-electron chi connectivity index (χ0n) is 13.4. The van der Waals surface area contributed by atoms with Crippen molar-refractivity contribution >= 4 is 15.9 Å². The average Bonchev–Trinajstić information content (AvgIpc) is 2.53. The van der Waals surface area contributed by atoms with Gasteiger partial charge in [-0.05, 0) is 30.7 Å². The third kappa shape index (κ3) is 5.25. The molecule has 1 rings (SSSR count). The molecule has 0 atom stereocenters. The number of carbonyl (C=O) groups excluding carboxylic acids is 1. The van der Waals surface area contributed by atoms with Crippen LogP contribution in [0.4, 0.5) is 8.78 Å². The molecule has 0 aliphatic rings. The van der Waals surface area contributed by atoms with Gasteiger partial charge in [0.1, 0.15) is 0 Å². The van der Waals surface area contributed by atoms with Gasteiger partial charge in [-0.1, -0.05) is 6.92 Å². The summed E-state index contributed by atoms with van der Waals surface area (Å²) in [5.41, 5.74) is 0.304. The fourth-order valence-corrected chi connectivity index (χ4v) is 3.13. The van der Waals surface area contributed by atoms with Crippen LogP contribution in [0.2, 0.25) is 0 Å². The second kappa shape index (κ2) is 8.70. The number of rotatable bonds is 8. The van der Waals surface area contributed by atoms with Crippen molar-refractivity contribution in [3.63, 3.8) is 0 Å². The van der Waals surface area contributed by atoms with Crippen molar-refractivity contribution in [2.45, 2.75) is 24.7 Å². The van der Waals surface area contributed by atoms with E-state index in [9.17, 15) is 22.0 Å². The summed E-state index contributed by atoms with van der Waals surface area (Å²) in [6, 6.07) is 7.10. The van der Waals surface area contributed by atoms with E-state index in [1.807, 2.05) is 6.07 Å². The van der Waals surface area contributed by atoms with Gasteiger partial charge in [0.05, 0.1) is 29.6 Å². The Morgan fingerprint density at radius 2 is 1.88 bits per heavy atom. The van der Waals surface area contributed by atoms with Crippen molar-refractivity contribution in [1.82, 2.24) is 9.21 Å². The van der Waals surface area contributed by atoms with Crippen LogP contribution in [0.25, 0.3) is 0 Å². The van der Waals surface area contributed by atoms with Crippen LogP contribution in [0.1, 0.15) is 18.9 Å². The zero-order chi connectivity index (χ0) is 18.3. The first-order valence-electron chi connectivity index (χ1n) is 7.24. The standard InChI is InChI=1S/C15H19F2N3O3S/c1-3-8-20(10-14(16)17)15(21)11-19(2)24(22,23)13-6-4-12(9-18)5-7-13/h4-7,14H,3,8,10-11H2,1-2H3. The Morgan fingerprint density at radius 3 is 2.33 bits per heavy atom. The summed E-state index contributed by atoms with van der Waals surface area (Å²) >= 11 is 0. The highest BCUT2D eigenvalue weighted by Crippen LogP contribution is 2.15. The number of alkyl halides is 2. The van der Waals surface area contributed by atoms with Gasteiger partial charge in [0, 0.05) is 13.6 Å². The third-order valence-corrected chi connectivity index (χ3v) is 5.07. The molecule has 1 amide bonds. The van der Waals surface area contributed by atoms with Crippen LogP contribution < -0.4 is 0 Å². The minimum absolute atomic E-state index is 0.0762. The lowest BCUT2D eigenvalue weighted by Gasteiger charge is -2.24. The van der Waals surface area contributed by atoms with E-state index in [2.05, 4.69) is 0 Å². The molecule has 0 heterocycles. The van der Waals surface area contributed by atoms with E-state index < -0.39 is 35.4 Å². The van der Waals surface area contributed by atoms with Crippen LogP contribution in [0.5, 0.6) is 0 Å². The molecular formula is C15H19F2N3O3S. The summed E-state index contributed by atoms with van der Waals surface area (Å²) in [5, 5.41) is 8.72. The van der Waals surface area contributed by atoms with Crippen molar-refractivity contribution in [3.05, 3.63) is 29.8 Å². The van der Waals surface area contributed by atoms with Crippen LogP contribution >= 0.6 is 0 Å². The molecule has 0 N–H and O–H groups in total. The lowest BCUT2D eigenvalue weighted by atomic mass is 10.2. The average molecular weight is 359 g/mol. The van der Waals surface area contributed by atoms with Crippen LogP contribution in [0, 0.1) is 11.3 Å². The fraction of sp³-hybridized carbons (Fsp3) is 0.467. The largest absolute Gasteiger partial charge is 0.336 e. The van der Waals surface area contributed by atoms with Crippen LogP contribution in [0.3, 0.4) is 0 Å². The topological polar surface area (TPSA) is 81.5 Å². The molecule has 0 fully saturated rings. The number of benzene rings is 1. The van der Waals surface area contributed by atoms with Gasteiger partial charge in [0.25, 0.3) is 6.43 Å². The van der Waals surface area contributed by atoms with Crippen LogP contribution in [-0.4, -0.2) is 56.6 Å². The quantitative estimate of drug-likeness (QED) is 0.707. The Morgan fingerprint density at radius 1 is 1.29 bits per heavy atom. The normalized spacial score (nSPS) is 11.5. The van der Waals surface area contributed by atoms with Gasteiger partial charge >= 0.3 is 0 Å². The van der Waals surface area contributed by atoms with Gasteiger partial charge in [0.15, 0.2) is 0 Å². The maximum Gasteiger partial charge on any atom is 0.255 e. The van der Waals surface area contributed by atoms with Crippen molar-refractivity contribution in [3.8, 4) is 6.07 Å². The number of hydrogen-bond acceptors (Lipinski definition) is 4. The Kier molecular flexibility index (Phi) is 7.25. The first-order chi connectivity index (χ1) is 11.2. The molecule has 132 valence electrons. The third-order valence-electron chi connectivity index (χ3n) is 3.25. The number of likely N-dealkylation sites (N-methyl/N-ethyl adjacent to an activating group) is 1. The molecule has 1 aromatic rings. The Hall–Kier alpha value is -2.05. The molecule has 24 heavy (non-hydrogen) atoms. The zero-order valence-corrected chi connectivity index (χ0v) is 14.3. The van der Waals surface area contributed by atoms with E-state index >= 15 is 0 Å². The minimum Gasteiger partial charge on any atom is -0.336 e. The number of sulfonamides is 1. The molecule has 0 unspecified atom stereocenters. The molecule has 0 saturated heterocycles. The van der Waals surface area contributed by atoms with Crippen molar-refractivity contribution in [2.75, 3.05) is 26.7 Å². The molecular weight excluding hydrogens is 340 g/mol. The Balaban J connectivity index is 2.88. The monoisotopic (exact) mass is 359 g/mol. The van der Waals surface area contributed by atoms with E-state index in [1.54, 1.807) is 6.92 Å². The summed E-state index contributed by atoms with van der Waals surface area (Å²) in [7, 11) is -2.74. The summed E-state index contributed by atoms with van der Waals surface area (Å²) in [4.78, 5) is 13.0. The molecule has 9 heteroatoms. The summed E-state index contributed by atoms with van der Waals surface area (Å²) in [5.74, 6) is -0.683. The SMILES string of the molecule is CCCN(CC(F)F)C(=O)CN(C)S(=O)(=O)c1ccc(C#N)cc1. The van der Waals surface area contributed by atoms with Gasteiger partial charge in [-0.15, -0.1) is 0 Å². The predicted octanol–water partition coefficient (Wildman–Crippen LogP) is 1.68.